The zero-order valence-electron chi connectivity index (χ0n) is 10.6. The Balaban J connectivity index is 3.03. The first-order valence-electron chi connectivity index (χ1n) is 5.57. The lowest BCUT2D eigenvalue weighted by Gasteiger charge is -2.25. The lowest BCUT2D eigenvalue weighted by Crippen LogP contribution is -2.45. The van der Waals surface area contributed by atoms with Crippen LogP contribution in [0, 0.1) is 10.1 Å². The number of aliphatic hydroxyl groups excluding tert-OH is 1. The molecule has 0 unspecified atom stereocenters. The second kappa shape index (κ2) is 5.61. The third-order valence-electron chi connectivity index (χ3n) is 2.53. The molecule has 104 valence electrons. The van der Waals surface area contributed by atoms with Gasteiger partial charge < -0.3 is 15.4 Å². The molecular weight excluding hydrogens is 254 g/mol. The molecule has 3 N–H and O–H groups in total. The molecule has 0 spiro atoms. The molecule has 0 aliphatic carbocycles. The number of aliphatic hydroxyl groups is 1. The fraction of sp³-hybridized carbons (Fsp3) is 0.455. The number of nitrogens with zero attached hydrogens (tertiary/aromatic N) is 1. The average Bonchev–Trinajstić information content (AvgIpc) is 2.28. The smallest absolute Gasteiger partial charge is 0.286 e. The van der Waals surface area contributed by atoms with Crippen molar-refractivity contribution in [1.82, 2.24) is 10.3 Å². The van der Waals surface area contributed by atoms with Crippen molar-refractivity contribution in [1.29, 1.82) is 0 Å². The highest BCUT2D eigenvalue weighted by Crippen LogP contribution is 2.11. The maximum atomic E-state index is 11.9. The molecule has 0 saturated heterocycles. The van der Waals surface area contributed by atoms with Gasteiger partial charge in [0, 0.05) is 18.2 Å². The Bertz CT molecular complexity index is 550. The van der Waals surface area contributed by atoms with E-state index in [-0.39, 0.29) is 17.9 Å². The van der Waals surface area contributed by atoms with Crippen LogP contribution in [0.15, 0.2) is 17.1 Å². The molecule has 1 aromatic rings. The summed E-state index contributed by atoms with van der Waals surface area (Å²) in [7, 11) is 0. The quantitative estimate of drug-likeness (QED) is 0.519. The van der Waals surface area contributed by atoms with Crippen molar-refractivity contribution in [3.05, 3.63) is 38.3 Å². The molecule has 1 rings (SSSR count). The summed E-state index contributed by atoms with van der Waals surface area (Å²) in [6.45, 7) is 3.22. The minimum absolute atomic E-state index is 0.126. The van der Waals surface area contributed by atoms with E-state index >= 15 is 0 Å². The van der Waals surface area contributed by atoms with Gasteiger partial charge in [0.1, 0.15) is 5.56 Å². The number of nitrogens with one attached hydrogen (secondary N) is 2. The number of carbonyl (C=O) groups excluding carboxylic acids is 1. The van der Waals surface area contributed by atoms with Crippen molar-refractivity contribution in [2.24, 2.45) is 0 Å². The van der Waals surface area contributed by atoms with Gasteiger partial charge in [0.05, 0.1) is 11.1 Å². The Labute approximate surface area is 108 Å². The normalized spacial score (nSPS) is 11.1. The lowest BCUT2D eigenvalue weighted by atomic mass is 10.0. The third kappa shape index (κ3) is 3.88. The van der Waals surface area contributed by atoms with Crippen LogP contribution in [0.5, 0.6) is 0 Å². The van der Waals surface area contributed by atoms with Gasteiger partial charge in [-0.3, -0.25) is 19.7 Å². The van der Waals surface area contributed by atoms with E-state index < -0.39 is 21.9 Å². The van der Waals surface area contributed by atoms with Gasteiger partial charge in [0.2, 0.25) is 0 Å². The highest BCUT2D eigenvalue weighted by Gasteiger charge is 2.23. The van der Waals surface area contributed by atoms with E-state index in [2.05, 4.69) is 10.3 Å². The maximum Gasteiger partial charge on any atom is 0.286 e. The molecule has 0 aliphatic rings. The van der Waals surface area contributed by atoms with Gasteiger partial charge in [-0.2, -0.15) is 0 Å². The van der Waals surface area contributed by atoms with Gasteiger partial charge in [-0.25, -0.2) is 0 Å². The van der Waals surface area contributed by atoms with E-state index in [1.54, 1.807) is 13.8 Å². The van der Waals surface area contributed by atoms with Crippen LogP contribution < -0.4 is 10.9 Å². The first kappa shape index (κ1) is 14.8. The van der Waals surface area contributed by atoms with E-state index in [9.17, 15) is 19.7 Å². The topological polar surface area (TPSA) is 125 Å². The van der Waals surface area contributed by atoms with Crippen LogP contribution in [0.1, 0.15) is 30.6 Å². The summed E-state index contributed by atoms with van der Waals surface area (Å²) in [6.07, 6.45) is 1.23. The van der Waals surface area contributed by atoms with Crippen LogP contribution in [0.2, 0.25) is 0 Å². The fourth-order valence-electron chi connectivity index (χ4n) is 1.46. The van der Waals surface area contributed by atoms with E-state index in [1.807, 2.05) is 0 Å². The number of carbonyl (C=O) groups is 1. The van der Waals surface area contributed by atoms with E-state index in [4.69, 9.17) is 5.11 Å². The third-order valence-corrected chi connectivity index (χ3v) is 2.53. The molecular formula is C11H15N3O5. The number of hydrogen-bond acceptors (Lipinski definition) is 5. The van der Waals surface area contributed by atoms with Crippen LogP contribution in [0.25, 0.3) is 0 Å². The molecule has 1 heterocycles. The van der Waals surface area contributed by atoms with Crippen molar-refractivity contribution in [2.45, 2.75) is 25.8 Å². The Hall–Kier alpha value is -2.22. The van der Waals surface area contributed by atoms with Crippen LogP contribution in [-0.4, -0.2) is 33.1 Å². The number of rotatable bonds is 5. The molecule has 8 heteroatoms. The Morgan fingerprint density at radius 1 is 1.58 bits per heavy atom. The molecule has 0 aromatic carbocycles. The standard InChI is InChI=1S/C11H15N3O5/c1-11(2,3-4-15)13-10(17)8-5-7(14(18)19)6-12-9(8)16/h5-6,15H,3-4H2,1-2H3,(H,12,16)(H,13,17). The molecule has 0 fully saturated rings. The SMILES string of the molecule is CC(C)(CCO)NC(=O)c1cc([N+](=O)[O-])c[nH]c1=O. The molecule has 0 atom stereocenters. The molecule has 1 aromatic heterocycles. The van der Waals surface area contributed by atoms with E-state index in [0.717, 1.165) is 12.3 Å². The monoisotopic (exact) mass is 269 g/mol. The van der Waals surface area contributed by atoms with E-state index in [1.165, 1.54) is 0 Å². The van der Waals surface area contributed by atoms with Crippen LogP contribution in [-0.2, 0) is 0 Å². The molecule has 1 amide bonds. The molecule has 19 heavy (non-hydrogen) atoms. The first-order valence-corrected chi connectivity index (χ1v) is 5.57. The number of aromatic amines is 1. The molecule has 0 saturated carbocycles. The largest absolute Gasteiger partial charge is 0.396 e. The summed E-state index contributed by atoms with van der Waals surface area (Å²) in [4.78, 5) is 35.4. The van der Waals surface area contributed by atoms with Crippen molar-refractivity contribution in [3.8, 4) is 0 Å². The van der Waals surface area contributed by atoms with Gasteiger partial charge in [-0.15, -0.1) is 0 Å². The number of pyridine rings is 1. The average molecular weight is 269 g/mol. The second-order valence-corrected chi connectivity index (χ2v) is 4.67. The number of nitro groups is 1. The lowest BCUT2D eigenvalue weighted by molar-refractivity contribution is -0.385. The predicted molar refractivity (Wildman–Crippen MR) is 67.0 cm³/mol. The fourth-order valence-corrected chi connectivity index (χ4v) is 1.46. The Morgan fingerprint density at radius 3 is 2.74 bits per heavy atom. The summed E-state index contributed by atoms with van der Waals surface area (Å²) >= 11 is 0. The summed E-state index contributed by atoms with van der Waals surface area (Å²) in [5.74, 6) is -0.719. The highest BCUT2D eigenvalue weighted by molar-refractivity contribution is 5.94. The van der Waals surface area contributed by atoms with Gasteiger partial charge in [0.15, 0.2) is 0 Å². The Morgan fingerprint density at radius 2 is 2.21 bits per heavy atom. The van der Waals surface area contributed by atoms with Crippen molar-refractivity contribution >= 4 is 11.6 Å². The van der Waals surface area contributed by atoms with Crippen LogP contribution >= 0.6 is 0 Å². The molecule has 0 radical (unpaired) electrons. The first-order chi connectivity index (χ1) is 8.76. The molecule has 0 bridgehead atoms. The minimum Gasteiger partial charge on any atom is -0.396 e. The second-order valence-electron chi connectivity index (χ2n) is 4.67. The van der Waals surface area contributed by atoms with Crippen molar-refractivity contribution < 1.29 is 14.8 Å². The van der Waals surface area contributed by atoms with Crippen LogP contribution in [0.3, 0.4) is 0 Å². The van der Waals surface area contributed by atoms with Crippen molar-refractivity contribution in [3.63, 3.8) is 0 Å². The number of aromatic nitrogens is 1. The summed E-state index contributed by atoms with van der Waals surface area (Å²) in [6, 6.07) is 0.920. The van der Waals surface area contributed by atoms with Crippen LogP contribution in [0.4, 0.5) is 5.69 Å². The zero-order chi connectivity index (χ0) is 14.6. The highest BCUT2D eigenvalue weighted by atomic mass is 16.6. The number of H-pyrrole nitrogens is 1. The van der Waals surface area contributed by atoms with E-state index in [0.29, 0.717) is 6.42 Å². The number of hydrogen-bond donors (Lipinski definition) is 3. The minimum atomic E-state index is -0.719. The van der Waals surface area contributed by atoms with Gasteiger partial charge in [-0.05, 0) is 20.3 Å². The Kier molecular flexibility index (Phi) is 4.38. The zero-order valence-corrected chi connectivity index (χ0v) is 10.6. The maximum absolute atomic E-state index is 11.9. The predicted octanol–water partition coefficient (Wildman–Crippen LogP) is 0.174. The molecule has 0 aliphatic heterocycles. The summed E-state index contributed by atoms with van der Waals surface area (Å²) in [5.41, 5.74) is -2.13. The van der Waals surface area contributed by atoms with Gasteiger partial charge >= 0.3 is 0 Å². The van der Waals surface area contributed by atoms with Gasteiger partial charge in [-0.1, -0.05) is 0 Å². The summed E-state index contributed by atoms with van der Waals surface area (Å²) < 4.78 is 0. The molecule has 8 nitrogen and oxygen atoms in total. The van der Waals surface area contributed by atoms with Crippen molar-refractivity contribution in [2.75, 3.05) is 6.61 Å². The number of amides is 1. The van der Waals surface area contributed by atoms with Gasteiger partial charge in [0.25, 0.3) is 17.2 Å². The summed E-state index contributed by atoms with van der Waals surface area (Å²) in [5, 5.41) is 22.0.